The Hall–Kier alpha value is -2.43. The van der Waals surface area contributed by atoms with Gasteiger partial charge in [-0.2, -0.15) is 0 Å². The second-order valence-corrected chi connectivity index (χ2v) is 3.82. The fourth-order valence-electron chi connectivity index (χ4n) is 1.59. The molecule has 0 saturated heterocycles. The van der Waals surface area contributed by atoms with Gasteiger partial charge in [0, 0.05) is 11.6 Å². The molecule has 0 aliphatic heterocycles. The Bertz CT molecular complexity index is 584. The molecule has 0 fully saturated rings. The van der Waals surface area contributed by atoms with Gasteiger partial charge in [-0.3, -0.25) is 0 Å². The molecule has 5 heteroatoms. The summed E-state index contributed by atoms with van der Waals surface area (Å²) >= 11 is 0. The summed E-state index contributed by atoms with van der Waals surface area (Å²) in [7, 11) is 0. The highest BCUT2D eigenvalue weighted by Gasteiger charge is 2.23. The van der Waals surface area contributed by atoms with Gasteiger partial charge in [-0.1, -0.05) is 30.3 Å². The smallest absolute Gasteiger partial charge is 0.349 e. The van der Waals surface area contributed by atoms with Gasteiger partial charge in [0.1, 0.15) is 5.82 Å². The third-order valence-electron chi connectivity index (χ3n) is 2.47. The number of carboxylic acids is 1. The van der Waals surface area contributed by atoms with Crippen LogP contribution in [-0.2, 0) is 4.79 Å². The van der Waals surface area contributed by atoms with Gasteiger partial charge in [0.15, 0.2) is 11.6 Å². The Morgan fingerprint density at radius 2 is 1.79 bits per heavy atom. The predicted molar refractivity (Wildman–Crippen MR) is 63.8 cm³/mol. The SMILES string of the molecule is O=C(O)C(Oc1ccc(F)cc1F)c1ccccc1. The number of aliphatic carboxylic acids is 1. The molecule has 0 radical (unpaired) electrons. The van der Waals surface area contributed by atoms with Crippen LogP contribution >= 0.6 is 0 Å². The van der Waals surface area contributed by atoms with E-state index in [-0.39, 0.29) is 5.75 Å². The molecular formula is C14H10F2O3. The van der Waals surface area contributed by atoms with E-state index in [1.165, 1.54) is 0 Å². The van der Waals surface area contributed by atoms with Gasteiger partial charge >= 0.3 is 5.97 Å². The minimum absolute atomic E-state index is 0.308. The molecule has 2 aromatic carbocycles. The van der Waals surface area contributed by atoms with Crippen LogP contribution in [0.2, 0.25) is 0 Å². The Kier molecular flexibility index (Phi) is 3.75. The maximum absolute atomic E-state index is 13.4. The zero-order valence-electron chi connectivity index (χ0n) is 9.72. The van der Waals surface area contributed by atoms with Crippen molar-refractivity contribution in [2.45, 2.75) is 6.10 Å². The van der Waals surface area contributed by atoms with Gasteiger partial charge in [-0.15, -0.1) is 0 Å². The topological polar surface area (TPSA) is 46.5 Å². The van der Waals surface area contributed by atoms with Crippen molar-refractivity contribution in [2.75, 3.05) is 0 Å². The van der Waals surface area contributed by atoms with Gasteiger partial charge in [0.05, 0.1) is 0 Å². The molecule has 1 unspecified atom stereocenters. The molecule has 0 spiro atoms. The van der Waals surface area contributed by atoms with Crippen molar-refractivity contribution in [2.24, 2.45) is 0 Å². The molecule has 19 heavy (non-hydrogen) atoms. The summed E-state index contributed by atoms with van der Waals surface area (Å²) in [5.41, 5.74) is 0.374. The first-order chi connectivity index (χ1) is 9.08. The van der Waals surface area contributed by atoms with Crippen molar-refractivity contribution >= 4 is 5.97 Å². The largest absolute Gasteiger partial charge is 0.478 e. The molecule has 1 atom stereocenters. The van der Waals surface area contributed by atoms with Crippen LogP contribution < -0.4 is 4.74 Å². The summed E-state index contributed by atoms with van der Waals surface area (Å²) in [4.78, 5) is 11.2. The molecule has 1 N–H and O–H groups in total. The standard InChI is InChI=1S/C14H10F2O3/c15-10-6-7-12(11(16)8-10)19-13(14(17)18)9-4-2-1-3-5-9/h1-8,13H,(H,17,18). The first kappa shape index (κ1) is 13.0. The average Bonchev–Trinajstić information content (AvgIpc) is 2.38. The number of hydrogen-bond acceptors (Lipinski definition) is 2. The molecular weight excluding hydrogens is 254 g/mol. The minimum atomic E-state index is -1.35. The van der Waals surface area contributed by atoms with Gasteiger partial charge in [0.2, 0.25) is 6.10 Å². The third kappa shape index (κ3) is 3.07. The second-order valence-electron chi connectivity index (χ2n) is 3.82. The maximum atomic E-state index is 13.4. The average molecular weight is 264 g/mol. The molecule has 2 aromatic rings. The predicted octanol–water partition coefficient (Wildman–Crippen LogP) is 3.17. The van der Waals surface area contributed by atoms with Crippen LogP contribution in [0.3, 0.4) is 0 Å². The molecule has 3 nitrogen and oxygen atoms in total. The molecule has 2 rings (SSSR count). The monoisotopic (exact) mass is 264 g/mol. The fourth-order valence-corrected chi connectivity index (χ4v) is 1.59. The highest BCUT2D eigenvalue weighted by atomic mass is 19.1. The second kappa shape index (κ2) is 5.48. The van der Waals surface area contributed by atoms with Gasteiger partial charge in [-0.05, 0) is 12.1 Å². The zero-order valence-corrected chi connectivity index (χ0v) is 9.72. The van der Waals surface area contributed by atoms with E-state index >= 15 is 0 Å². The maximum Gasteiger partial charge on any atom is 0.349 e. The number of hydrogen-bond donors (Lipinski definition) is 1. The summed E-state index contributed by atoms with van der Waals surface area (Å²) in [6.45, 7) is 0. The summed E-state index contributed by atoms with van der Waals surface area (Å²) in [6.07, 6.45) is -1.35. The van der Waals surface area contributed by atoms with Crippen LogP contribution in [0, 0.1) is 11.6 Å². The van der Waals surface area contributed by atoms with E-state index in [0.717, 1.165) is 12.1 Å². The number of carboxylic acid groups (broad SMARTS) is 1. The van der Waals surface area contributed by atoms with E-state index in [1.54, 1.807) is 30.3 Å². The molecule has 0 saturated carbocycles. The highest BCUT2D eigenvalue weighted by Crippen LogP contribution is 2.25. The zero-order chi connectivity index (χ0) is 13.8. The number of carbonyl (C=O) groups is 1. The van der Waals surface area contributed by atoms with Gasteiger partial charge in [0.25, 0.3) is 0 Å². The van der Waals surface area contributed by atoms with Crippen LogP contribution in [0.1, 0.15) is 11.7 Å². The summed E-state index contributed by atoms with van der Waals surface area (Å²) in [6, 6.07) is 10.8. The lowest BCUT2D eigenvalue weighted by Gasteiger charge is -2.15. The normalized spacial score (nSPS) is 11.9. The molecule has 0 bridgehead atoms. The lowest BCUT2D eigenvalue weighted by atomic mass is 10.1. The molecule has 0 aliphatic rings. The van der Waals surface area contributed by atoms with Crippen LogP contribution in [-0.4, -0.2) is 11.1 Å². The third-order valence-corrected chi connectivity index (χ3v) is 2.47. The van der Waals surface area contributed by atoms with Crippen molar-refractivity contribution in [3.05, 3.63) is 65.7 Å². The quantitative estimate of drug-likeness (QED) is 0.922. The number of benzene rings is 2. The van der Waals surface area contributed by atoms with Crippen molar-refractivity contribution in [3.63, 3.8) is 0 Å². The Morgan fingerprint density at radius 1 is 1.11 bits per heavy atom. The lowest BCUT2D eigenvalue weighted by molar-refractivity contribution is -0.145. The fraction of sp³-hybridized carbons (Fsp3) is 0.0714. The Balaban J connectivity index is 2.29. The highest BCUT2D eigenvalue weighted by molar-refractivity contribution is 5.74. The Morgan fingerprint density at radius 3 is 2.37 bits per heavy atom. The van der Waals surface area contributed by atoms with E-state index in [4.69, 9.17) is 9.84 Å². The molecule has 0 aliphatic carbocycles. The van der Waals surface area contributed by atoms with E-state index in [9.17, 15) is 13.6 Å². The molecule has 98 valence electrons. The van der Waals surface area contributed by atoms with Crippen LogP contribution in [0.15, 0.2) is 48.5 Å². The van der Waals surface area contributed by atoms with Crippen molar-refractivity contribution < 1.29 is 23.4 Å². The summed E-state index contributed by atoms with van der Waals surface area (Å²) in [5, 5.41) is 9.11. The molecule has 0 heterocycles. The number of rotatable bonds is 4. The van der Waals surface area contributed by atoms with Crippen LogP contribution in [0.25, 0.3) is 0 Å². The van der Waals surface area contributed by atoms with Crippen LogP contribution in [0.5, 0.6) is 5.75 Å². The molecule has 0 amide bonds. The van der Waals surface area contributed by atoms with Crippen molar-refractivity contribution in [3.8, 4) is 5.75 Å². The van der Waals surface area contributed by atoms with E-state index in [2.05, 4.69) is 0 Å². The van der Waals surface area contributed by atoms with Gasteiger partial charge < -0.3 is 9.84 Å². The summed E-state index contributed by atoms with van der Waals surface area (Å²) in [5.74, 6) is -3.26. The number of halogens is 2. The van der Waals surface area contributed by atoms with E-state index in [1.807, 2.05) is 0 Å². The van der Waals surface area contributed by atoms with Crippen molar-refractivity contribution in [1.29, 1.82) is 0 Å². The van der Waals surface area contributed by atoms with Crippen molar-refractivity contribution in [1.82, 2.24) is 0 Å². The first-order valence-corrected chi connectivity index (χ1v) is 5.47. The first-order valence-electron chi connectivity index (χ1n) is 5.47. The van der Waals surface area contributed by atoms with Gasteiger partial charge in [-0.25, -0.2) is 13.6 Å². The van der Waals surface area contributed by atoms with Crippen LogP contribution in [0.4, 0.5) is 8.78 Å². The van der Waals surface area contributed by atoms with E-state index in [0.29, 0.717) is 11.6 Å². The van der Waals surface area contributed by atoms with E-state index < -0.39 is 23.7 Å². The summed E-state index contributed by atoms with van der Waals surface area (Å²) < 4.78 is 31.3. The number of ether oxygens (including phenoxy) is 1. The lowest BCUT2D eigenvalue weighted by Crippen LogP contribution is -2.18. The molecule has 0 aromatic heterocycles. The Labute approximate surface area is 108 Å². The minimum Gasteiger partial charge on any atom is -0.478 e.